The second-order valence-electron chi connectivity index (χ2n) is 3.98. The van der Waals surface area contributed by atoms with Crippen LogP contribution in [0.2, 0.25) is 0 Å². The molecular weight excluding hydrogens is 210 g/mol. The average Bonchev–Trinajstić information content (AvgIpc) is 2.23. The van der Waals surface area contributed by atoms with E-state index in [9.17, 15) is 4.79 Å². The van der Waals surface area contributed by atoms with Crippen molar-refractivity contribution in [1.82, 2.24) is 5.32 Å². The number of hydrogen-bond donors (Lipinski definition) is 2. The molecule has 0 aliphatic heterocycles. The van der Waals surface area contributed by atoms with Gasteiger partial charge in [-0.15, -0.1) is 0 Å². The molecule has 1 atom stereocenters. The van der Waals surface area contributed by atoms with E-state index in [1.807, 2.05) is 13.8 Å². The quantitative estimate of drug-likeness (QED) is 0.557. The van der Waals surface area contributed by atoms with Crippen molar-refractivity contribution >= 4 is 5.91 Å². The zero-order chi connectivity index (χ0) is 12.4. The molecule has 0 aromatic heterocycles. The van der Waals surface area contributed by atoms with Gasteiger partial charge in [-0.2, -0.15) is 0 Å². The summed E-state index contributed by atoms with van der Waals surface area (Å²) in [5.74, 6) is 0.151. The van der Waals surface area contributed by atoms with E-state index in [1.54, 1.807) is 7.11 Å². The SMILES string of the molecule is COCCOCC(=O)NC(CCO)C(C)C. The van der Waals surface area contributed by atoms with E-state index in [2.05, 4.69) is 5.32 Å². The first-order valence-electron chi connectivity index (χ1n) is 5.58. The van der Waals surface area contributed by atoms with Crippen LogP contribution >= 0.6 is 0 Å². The van der Waals surface area contributed by atoms with Gasteiger partial charge in [-0.05, 0) is 12.3 Å². The second-order valence-corrected chi connectivity index (χ2v) is 3.98. The highest BCUT2D eigenvalue weighted by atomic mass is 16.5. The number of ether oxygens (including phenoxy) is 2. The van der Waals surface area contributed by atoms with Gasteiger partial charge < -0.3 is 19.9 Å². The summed E-state index contributed by atoms with van der Waals surface area (Å²) >= 11 is 0. The summed E-state index contributed by atoms with van der Waals surface area (Å²) in [6, 6.07) is 0.00326. The summed E-state index contributed by atoms with van der Waals surface area (Å²) in [5, 5.41) is 11.7. The normalized spacial score (nSPS) is 12.8. The van der Waals surface area contributed by atoms with Crippen LogP contribution in [0.1, 0.15) is 20.3 Å². The fourth-order valence-electron chi connectivity index (χ4n) is 1.27. The predicted molar refractivity (Wildman–Crippen MR) is 61.2 cm³/mol. The zero-order valence-electron chi connectivity index (χ0n) is 10.4. The molecule has 0 rings (SSSR count). The van der Waals surface area contributed by atoms with Crippen molar-refractivity contribution in [2.75, 3.05) is 33.5 Å². The van der Waals surface area contributed by atoms with Crippen molar-refractivity contribution in [2.24, 2.45) is 5.92 Å². The van der Waals surface area contributed by atoms with Gasteiger partial charge in [-0.3, -0.25) is 4.79 Å². The van der Waals surface area contributed by atoms with Gasteiger partial charge in [0.05, 0.1) is 13.2 Å². The van der Waals surface area contributed by atoms with Crippen molar-refractivity contribution in [1.29, 1.82) is 0 Å². The molecule has 5 heteroatoms. The Labute approximate surface area is 97.1 Å². The minimum atomic E-state index is -0.150. The molecule has 0 bridgehead atoms. The Kier molecular flexibility index (Phi) is 9.18. The first-order chi connectivity index (χ1) is 7.61. The predicted octanol–water partition coefficient (Wildman–Crippen LogP) is 0.173. The fraction of sp³-hybridized carbons (Fsp3) is 0.909. The van der Waals surface area contributed by atoms with E-state index in [0.29, 0.717) is 25.6 Å². The van der Waals surface area contributed by atoms with Crippen LogP contribution in [0.4, 0.5) is 0 Å². The molecule has 0 heterocycles. The van der Waals surface area contributed by atoms with E-state index < -0.39 is 0 Å². The molecule has 2 N–H and O–H groups in total. The summed E-state index contributed by atoms with van der Waals surface area (Å²) in [5.41, 5.74) is 0. The van der Waals surface area contributed by atoms with Gasteiger partial charge >= 0.3 is 0 Å². The Morgan fingerprint density at radius 3 is 2.56 bits per heavy atom. The lowest BCUT2D eigenvalue weighted by Crippen LogP contribution is -2.41. The Hall–Kier alpha value is -0.650. The van der Waals surface area contributed by atoms with Gasteiger partial charge in [0.2, 0.25) is 5.91 Å². The van der Waals surface area contributed by atoms with E-state index in [-0.39, 0.29) is 25.2 Å². The molecule has 0 aromatic carbocycles. The minimum Gasteiger partial charge on any atom is -0.396 e. The molecule has 1 unspecified atom stereocenters. The first-order valence-corrected chi connectivity index (χ1v) is 5.58. The molecule has 16 heavy (non-hydrogen) atoms. The summed E-state index contributed by atoms with van der Waals surface area (Å²) in [6.07, 6.45) is 0.571. The third kappa shape index (κ3) is 7.62. The molecule has 96 valence electrons. The Balaban J connectivity index is 3.73. The molecule has 0 radical (unpaired) electrons. The lowest BCUT2D eigenvalue weighted by molar-refractivity contribution is -0.127. The molecule has 0 spiro atoms. The molecule has 0 aliphatic rings. The number of rotatable bonds is 9. The number of nitrogens with one attached hydrogen (secondary N) is 1. The molecule has 5 nitrogen and oxygen atoms in total. The van der Waals surface area contributed by atoms with E-state index in [0.717, 1.165) is 0 Å². The van der Waals surface area contributed by atoms with Crippen LogP contribution in [-0.2, 0) is 14.3 Å². The average molecular weight is 233 g/mol. The monoisotopic (exact) mass is 233 g/mol. The number of carbonyl (C=O) groups excluding carboxylic acids is 1. The van der Waals surface area contributed by atoms with Gasteiger partial charge in [0.25, 0.3) is 0 Å². The van der Waals surface area contributed by atoms with E-state index in [1.165, 1.54) is 0 Å². The topological polar surface area (TPSA) is 67.8 Å². The lowest BCUT2D eigenvalue weighted by Gasteiger charge is -2.21. The van der Waals surface area contributed by atoms with Gasteiger partial charge in [-0.1, -0.05) is 13.8 Å². The molecular formula is C11H23NO4. The minimum absolute atomic E-state index is 0.00326. The second kappa shape index (κ2) is 9.57. The summed E-state index contributed by atoms with van der Waals surface area (Å²) < 4.78 is 9.89. The van der Waals surface area contributed by atoms with Gasteiger partial charge in [0, 0.05) is 19.8 Å². The Morgan fingerprint density at radius 2 is 2.06 bits per heavy atom. The zero-order valence-corrected chi connectivity index (χ0v) is 10.4. The molecule has 0 saturated heterocycles. The van der Waals surface area contributed by atoms with Crippen LogP contribution < -0.4 is 5.32 Å². The fourth-order valence-corrected chi connectivity index (χ4v) is 1.27. The summed E-state index contributed by atoms with van der Waals surface area (Å²) in [6.45, 7) is 5.03. The van der Waals surface area contributed by atoms with Crippen LogP contribution in [0.3, 0.4) is 0 Å². The molecule has 1 amide bonds. The van der Waals surface area contributed by atoms with Crippen LogP contribution in [0, 0.1) is 5.92 Å². The van der Waals surface area contributed by atoms with E-state index in [4.69, 9.17) is 14.6 Å². The number of hydrogen-bond acceptors (Lipinski definition) is 4. The molecule has 0 aromatic rings. The number of methoxy groups -OCH3 is 1. The molecule has 0 aliphatic carbocycles. The smallest absolute Gasteiger partial charge is 0.246 e. The van der Waals surface area contributed by atoms with Crippen LogP contribution in [0.15, 0.2) is 0 Å². The maximum atomic E-state index is 11.4. The summed E-state index contributed by atoms with van der Waals surface area (Å²) in [4.78, 5) is 11.4. The first kappa shape index (κ1) is 15.3. The lowest BCUT2D eigenvalue weighted by atomic mass is 10.0. The van der Waals surface area contributed by atoms with Crippen molar-refractivity contribution in [3.05, 3.63) is 0 Å². The maximum absolute atomic E-state index is 11.4. The summed E-state index contributed by atoms with van der Waals surface area (Å²) in [7, 11) is 1.58. The van der Waals surface area contributed by atoms with Crippen molar-refractivity contribution in [2.45, 2.75) is 26.3 Å². The standard InChI is InChI=1S/C11H23NO4/c1-9(2)10(4-5-13)12-11(14)8-16-7-6-15-3/h9-10,13H,4-8H2,1-3H3,(H,12,14). The highest BCUT2D eigenvalue weighted by Gasteiger charge is 2.15. The molecule has 0 fully saturated rings. The Bertz CT molecular complexity index is 185. The third-order valence-electron chi connectivity index (χ3n) is 2.26. The number of amides is 1. The van der Waals surface area contributed by atoms with Crippen molar-refractivity contribution < 1.29 is 19.4 Å². The van der Waals surface area contributed by atoms with Crippen molar-refractivity contribution in [3.8, 4) is 0 Å². The Morgan fingerprint density at radius 1 is 1.38 bits per heavy atom. The highest BCUT2D eigenvalue weighted by Crippen LogP contribution is 2.05. The van der Waals surface area contributed by atoms with Crippen LogP contribution in [0.25, 0.3) is 0 Å². The third-order valence-corrected chi connectivity index (χ3v) is 2.26. The van der Waals surface area contributed by atoms with Crippen LogP contribution in [-0.4, -0.2) is 50.6 Å². The maximum Gasteiger partial charge on any atom is 0.246 e. The van der Waals surface area contributed by atoms with Gasteiger partial charge in [0.1, 0.15) is 6.61 Å². The largest absolute Gasteiger partial charge is 0.396 e. The number of aliphatic hydroxyl groups is 1. The number of aliphatic hydroxyl groups excluding tert-OH is 1. The van der Waals surface area contributed by atoms with E-state index >= 15 is 0 Å². The van der Waals surface area contributed by atoms with Crippen molar-refractivity contribution in [3.63, 3.8) is 0 Å². The van der Waals surface area contributed by atoms with Gasteiger partial charge in [-0.25, -0.2) is 0 Å². The highest BCUT2D eigenvalue weighted by molar-refractivity contribution is 5.77. The number of carbonyl (C=O) groups is 1. The molecule has 0 saturated carbocycles. The van der Waals surface area contributed by atoms with Gasteiger partial charge in [0.15, 0.2) is 0 Å². The van der Waals surface area contributed by atoms with Crippen LogP contribution in [0.5, 0.6) is 0 Å².